The van der Waals surface area contributed by atoms with Crippen molar-refractivity contribution < 1.29 is 19.4 Å². The summed E-state index contributed by atoms with van der Waals surface area (Å²) in [5.74, 6) is -1.08. The Labute approximate surface area is 120 Å². The molecule has 0 unspecified atom stereocenters. The Morgan fingerprint density at radius 1 is 1.35 bits per heavy atom. The molecule has 20 heavy (non-hydrogen) atoms. The van der Waals surface area contributed by atoms with E-state index in [1.165, 1.54) is 25.4 Å². The van der Waals surface area contributed by atoms with E-state index in [1.807, 2.05) is 24.3 Å². The molecule has 1 aromatic heterocycles. The molecule has 2 atom stereocenters. The first-order valence-corrected chi connectivity index (χ1v) is 6.95. The summed E-state index contributed by atoms with van der Waals surface area (Å²) in [6.45, 7) is 1.42. The predicted molar refractivity (Wildman–Crippen MR) is 76.8 cm³/mol. The summed E-state index contributed by atoms with van der Waals surface area (Å²) in [6, 6.07) is 6.43. The number of benzene rings is 1. The van der Waals surface area contributed by atoms with Crippen molar-refractivity contribution in [2.75, 3.05) is 7.11 Å². The molecule has 5 nitrogen and oxygen atoms in total. The fourth-order valence-corrected chi connectivity index (χ4v) is 2.82. The third kappa shape index (κ3) is 2.81. The van der Waals surface area contributed by atoms with Crippen molar-refractivity contribution in [2.24, 2.45) is 0 Å². The highest BCUT2D eigenvalue weighted by Gasteiger charge is 2.27. The van der Waals surface area contributed by atoms with Gasteiger partial charge in [0.25, 0.3) is 5.91 Å². The zero-order chi connectivity index (χ0) is 14.7. The molecule has 2 N–H and O–H groups in total. The molecule has 0 spiro atoms. The molecule has 2 aromatic rings. The number of amides is 1. The first-order chi connectivity index (χ1) is 9.54. The molecular weight excluding hydrogens is 278 g/mol. The molecule has 1 heterocycles. The van der Waals surface area contributed by atoms with Crippen molar-refractivity contribution in [1.29, 1.82) is 0 Å². The molecule has 0 aliphatic carbocycles. The molecular formula is C14H15NO4S. The average molecular weight is 293 g/mol. The summed E-state index contributed by atoms with van der Waals surface area (Å²) in [4.78, 5) is 23.8. The van der Waals surface area contributed by atoms with Crippen LogP contribution >= 0.6 is 11.3 Å². The van der Waals surface area contributed by atoms with E-state index in [2.05, 4.69) is 10.1 Å². The number of thiophene rings is 1. The lowest BCUT2D eigenvalue weighted by Crippen LogP contribution is -2.48. The maximum absolute atomic E-state index is 12.2. The highest BCUT2D eigenvalue weighted by molar-refractivity contribution is 7.17. The van der Waals surface area contributed by atoms with Crippen LogP contribution < -0.4 is 5.32 Å². The van der Waals surface area contributed by atoms with Crippen LogP contribution in [0.25, 0.3) is 10.1 Å². The third-order valence-electron chi connectivity index (χ3n) is 2.95. The normalized spacial score (nSPS) is 13.8. The number of hydrogen-bond acceptors (Lipinski definition) is 5. The first-order valence-electron chi connectivity index (χ1n) is 6.07. The molecule has 2 rings (SSSR count). The van der Waals surface area contributed by atoms with Crippen LogP contribution in [0.2, 0.25) is 0 Å². The minimum absolute atomic E-state index is 0.404. The second kappa shape index (κ2) is 6.02. The highest BCUT2D eigenvalue weighted by Crippen LogP contribution is 2.25. The quantitative estimate of drug-likeness (QED) is 0.839. The smallest absolute Gasteiger partial charge is 0.331 e. The number of aliphatic hydroxyl groups excluding tert-OH is 1. The monoisotopic (exact) mass is 293 g/mol. The zero-order valence-corrected chi connectivity index (χ0v) is 11.9. The summed E-state index contributed by atoms with van der Waals surface area (Å²) in [6.07, 6.45) is -1.03. The zero-order valence-electron chi connectivity index (χ0n) is 11.1. The van der Waals surface area contributed by atoms with Gasteiger partial charge in [-0.2, -0.15) is 0 Å². The lowest BCUT2D eigenvalue weighted by molar-refractivity contribution is -0.145. The van der Waals surface area contributed by atoms with Crippen molar-refractivity contribution in [1.82, 2.24) is 5.32 Å². The van der Waals surface area contributed by atoms with Crippen LogP contribution in [0.5, 0.6) is 0 Å². The maximum atomic E-state index is 12.2. The van der Waals surface area contributed by atoms with Crippen LogP contribution in [0.1, 0.15) is 17.3 Å². The van der Waals surface area contributed by atoms with Crippen molar-refractivity contribution in [3.05, 3.63) is 35.2 Å². The molecule has 0 aliphatic heterocycles. The van der Waals surface area contributed by atoms with E-state index in [1.54, 1.807) is 5.38 Å². The number of esters is 1. The number of ether oxygens (including phenoxy) is 1. The summed E-state index contributed by atoms with van der Waals surface area (Å²) >= 11 is 1.45. The Hall–Kier alpha value is -1.92. The van der Waals surface area contributed by atoms with Gasteiger partial charge in [0, 0.05) is 15.5 Å². The van der Waals surface area contributed by atoms with Crippen LogP contribution in [0, 0.1) is 0 Å². The number of aliphatic hydroxyl groups is 1. The lowest BCUT2D eigenvalue weighted by Gasteiger charge is -2.18. The van der Waals surface area contributed by atoms with Gasteiger partial charge in [-0.15, -0.1) is 11.3 Å². The van der Waals surface area contributed by atoms with Gasteiger partial charge in [0.05, 0.1) is 18.8 Å². The van der Waals surface area contributed by atoms with Crippen LogP contribution in [-0.4, -0.2) is 36.2 Å². The Kier molecular flexibility index (Phi) is 4.36. The van der Waals surface area contributed by atoms with Gasteiger partial charge in [0.1, 0.15) is 0 Å². The molecule has 0 bridgehead atoms. The number of nitrogens with one attached hydrogen (secondary N) is 1. The highest BCUT2D eigenvalue weighted by atomic mass is 32.1. The molecule has 0 saturated heterocycles. The van der Waals surface area contributed by atoms with Crippen molar-refractivity contribution in [3.8, 4) is 0 Å². The number of rotatable bonds is 4. The topological polar surface area (TPSA) is 75.6 Å². The average Bonchev–Trinajstić information content (AvgIpc) is 2.87. The number of carbonyl (C=O) groups is 2. The minimum Gasteiger partial charge on any atom is -0.467 e. The van der Waals surface area contributed by atoms with Gasteiger partial charge in [0.15, 0.2) is 6.04 Å². The van der Waals surface area contributed by atoms with E-state index < -0.39 is 24.0 Å². The minimum atomic E-state index is -1.08. The van der Waals surface area contributed by atoms with Crippen LogP contribution in [0.3, 0.4) is 0 Å². The molecule has 0 radical (unpaired) electrons. The molecule has 0 fully saturated rings. The Morgan fingerprint density at radius 3 is 2.70 bits per heavy atom. The van der Waals surface area contributed by atoms with E-state index in [0.717, 1.165) is 10.1 Å². The van der Waals surface area contributed by atoms with Crippen LogP contribution in [0.15, 0.2) is 29.6 Å². The van der Waals surface area contributed by atoms with Gasteiger partial charge < -0.3 is 15.2 Å². The number of fused-ring (bicyclic) bond motifs is 1. The second-order valence-electron chi connectivity index (χ2n) is 4.36. The molecule has 0 saturated carbocycles. The standard InChI is InChI=1S/C14H15NO4S/c1-8(16)12(14(18)19-2)15-13(17)10-7-20-11-6-4-3-5-9(10)11/h3-8,12,16H,1-2H3,(H,15,17)/t8-,12+/m1/s1. The Bertz CT molecular complexity index is 635. The van der Waals surface area contributed by atoms with Crippen molar-refractivity contribution in [3.63, 3.8) is 0 Å². The van der Waals surface area contributed by atoms with E-state index in [-0.39, 0.29) is 0 Å². The lowest BCUT2D eigenvalue weighted by atomic mass is 10.1. The first kappa shape index (κ1) is 14.5. The largest absolute Gasteiger partial charge is 0.467 e. The number of carbonyl (C=O) groups excluding carboxylic acids is 2. The van der Waals surface area contributed by atoms with E-state index in [9.17, 15) is 14.7 Å². The van der Waals surface area contributed by atoms with Gasteiger partial charge in [-0.25, -0.2) is 4.79 Å². The second-order valence-corrected chi connectivity index (χ2v) is 5.27. The fourth-order valence-electron chi connectivity index (χ4n) is 1.88. The summed E-state index contributed by atoms with van der Waals surface area (Å²) in [5.41, 5.74) is 0.486. The maximum Gasteiger partial charge on any atom is 0.331 e. The fraction of sp³-hybridized carbons (Fsp3) is 0.286. The summed E-state index contributed by atoms with van der Waals surface area (Å²) < 4.78 is 5.56. The van der Waals surface area contributed by atoms with Crippen LogP contribution in [0.4, 0.5) is 0 Å². The Morgan fingerprint density at radius 2 is 2.05 bits per heavy atom. The van der Waals surface area contributed by atoms with Crippen molar-refractivity contribution >= 4 is 33.3 Å². The Balaban J connectivity index is 2.25. The summed E-state index contributed by atoms with van der Waals surface area (Å²) in [7, 11) is 1.21. The van der Waals surface area contributed by atoms with E-state index in [4.69, 9.17) is 0 Å². The van der Waals surface area contributed by atoms with Gasteiger partial charge in [0.2, 0.25) is 0 Å². The van der Waals surface area contributed by atoms with Gasteiger partial charge in [-0.05, 0) is 13.0 Å². The van der Waals surface area contributed by atoms with Gasteiger partial charge in [-0.1, -0.05) is 18.2 Å². The molecule has 106 valence electrons. The number of methoxy groups -OCH3 is 1. The predicted octanol–water partition coefficient (Wildman–Crippen LogP) is 1.55. The third-order valence-corrected chi connectivity index (χ3v) is 3.91. The molecule has 1 aromatic carbocycles. The van der Waals surface area contributed by atoms with E-state index >= 15 is 0 Å². The SMILES string of the molecule is COC(=O)[C@@H](NC(=O)c1csc2ccccc12)[C@@H](C)O. The molecule has 1 amide bonds. The van der Waals surface area contributed by atoms with Gasteiger partial charge >= 0.3 is 5.97 Å². The van der Waals surface area contributed by atoms with Crippen molar-refractivity contribution in [2.45, 2.75) is 19.1 Å². The molecule has 6 heteroatoms. The summed E-state index contributed by atoms with van der Waals surface area (Å²) in [5, 5.41) is 14.6. The van der Waals surface area contributed by atoms with Gasteiger partial charge in [-0.3, -0.25) is 4.79 Å². The molecule has 0 aliphatic rings. The van der Waals surface area contributed by atoms with E-state index in [0.29, 0.717) is 5.56 Å². The number of hydrogen-bond donors (Lipinski definition) is 2. The van der Waals surface area contributed by atoms with Crippen LogP contribution in [-0.2, 0) is 9.53 Å².